The van der Waals surface area contributed by atoms with E-state index in [0.717, 1.165) is 34.5 Å². The van der Waals surface area contributed by atoms with Gasteiger partial charge in [0.2, 0.25) is 0 Å². The smallest absolute Gasteiger partial charge is 0.258 e. The van der Waals surface area contributed by atoms with Gasteiger partial charge in [0.25, 0.3) is 5.91 Å². The summed E-state index contributed by atoms with van der Waals surface area (Å²) in [5.74, 6) is 1.43. The summed E-state index contributed by atoms with van der Waals surface area (Å²) in [6, 6.07) is 13.2. The van der Waals surface area contributed by atoms with Gasteiger partial charge in [-0.25, -0.2) is 0 Å². The highest BCUT2D eigenvalue weighted by Gasteiger charge is 2.27. The van der Waals surface area contributed by atoms with Crippen molar-refractivity contribution in [1.82, 2.24) is 4.90 Å². The van der Waals surface area contributed by atoms with Crippen LogP contribution < -0.4 is 15.2 Å². The number of fused-ring (bicyclic) bond motifs is 5. The molecule has 2 N–H and O–H groups in total. The molecule has 0 bridgehead atoms. The van der Waals surface area contributed by atoms with Crippen molar-refractivity contribution in [2.24, 2.45) is 5.73 Å². The standard InChI is InChI=1S/C22H21ClN2O3S/c1-25(2)8-5-9-27-18-11-13(23)10-16-20(18)28-17-7-4-3-6-14(17)15-12-19(22(24)26)29-21(15)16/h3-4,6-7,10-12H,5,8-9H2,1-2H3,(H2,24,26). The summed E-state index contributed by atoms with van der Waals surface area (Å²) in [5, 5.41) is 0.542. The summed E-state index contributed by atoms with van der Waals surface area (Å²) >= 11 is 7.75. The van der Waals surface area contributed by atoms with Crippen molar-refractivity contribution in [3.05, 3.63) is 52.4 Å². The molecule has 0 fully saturated rings. The Bertz CT molecular complexity index is 1080. The Kier molecular flexibility index (Phi) is 5.50. The van der Waals surface area contributed by atoms with E-state index >= 15 is 0 Å². The van der Waals surface area contributed by atoms with Crippen LogP contribution in [0.4, 0.5) is 0 Å². The molecule has 0 aliphatic carbocycles. The highest BCUT2D eigenvalue weighted by molar-refractivity contribution is 7.18. The zero-order chi connectivity index (χ0) is 20.5. The second-order valence-corrected chi connectivity index (χ2v) is 8.59. The number of halogens is 1. The van der Waals surface area contributed by atoms with Crippen molar-refractivity contribution < 1.29 is 14.3 Å². The van der Waals surface area contributed by atoms with E-state index in [-0.39, 0.29) is 0 Å². The van der Waals surface area contributed by atoms with E-state index in [2.05, 4.69) is 4.90 Å². The van der Waals surface area contributed by atoms with Gasteiger partial charge in [-0.3, -0.25) is 4.79 Å². The SMILES string of the molecule is CN(C)CCCOc1cc(Cl)cc2c1Oc1ccccc1-c1cc(C(N)=O)sc1-2. The molecule has 3 aromatic rings. The minimum atomic E-state index is -0.454. The molecule has 0 spiro atoms. The van der Waals surface area contributed by atoms with Gasteiger partial charge in [-0.05, 0) is 38.7 Å². The number of thiophene rings is 1. The van der Waals surface area contributed by atoms with Gasteiger partial charge in [0.15, 0.2) is 11.5 Å². The van der Waals surface area contributed by atoms with Crippen molar-refractivity contribution in [1.29, 1.82) is 0 Å². The van der Waals surface area contributed by atoms with Crippen LogP contribution in [0.3, 0.4) is 0 Å². The summed E-state index contributed by atoms with van der Waals surface area (Å²) in [7, 11) is 4.06. The van der Waals surface area contributed by atoms with Crippen molar-refractivity contribution >= 4 is 28.8 Å². The number of para-hydroxylation sites is 1. The lowest BCUT2D eigenvalue weighted by Crippen LogP contribution is -2.15. The Morgan fingerprint density at radius 2 is 1.97 bits per heavy atom. The summed E-state index contributed by atoms with van der Waals surface area (Å²) < 4.78 is 12.4. The largest absolute Gasteiger partial charge is 0.490 e. The fourth-order valence-corrected chi connectivity index (χ4v) is 4.56. The molecule has 2 aromatic carbocycles. The van der Waals surface area contributed by atoms with Crippen molar-refractivity contribution in [2.75, 3.05) is 27.2 Å². The number of carbonyl (C=O) groups excluding carboxylic acids is 1. The first-order valence-electron chi connectivity index (χ1n) is 9.26. The van der Waals surface area contributed by atoms with E-state index in [9.17, 15) is 4.79 Å². The fourth-order valence-electron chi connectivity index (χ4n) is 3.31. The molecular formula is C22H21ClN2O3S. The maximum Gasteiger partial charge on any atom is 0.258 e. The van der Waals surface area contributed by atoms with Gasteiger partial charge in [0, 0.05) is 39.2 Å². The number of hydrogen-bond donors (Lipinski definition) is 1. The highest BCUT2D eigenvalue weighted by Crippen LogP contribution is 2.53. The number of rotatable bonds is 6. The molecule has 1 amide bonds. The van der Waals surface area contributed by atoms with Gasteiger partial charge in [-0.15, -0.1) is 11.3 Å². The molecule has 1 aliphatic rings. The predicted octanol–water partition coefficient (Wildman–Crippen LogP) is 5.27. The molecule has 0 atom stereocenters. The first-order valence-corrected chi connectivity index (χ1v) is 10.5. The number of hydrogen-bond acceptors (Lipinski definition) is 5. The second-order valence-electron chi connectivity index (χ2n) is 7.10. The molecule has 5 nitrogen and oxygen atoms in total. The lowest BCUT2D eigenvalue weighted by molar-refractivity contribution is 0.100. The van der Waals surface area contributed by atoms with Crippen LogP contribution in [-0.4, -0.2) is 38.1 Å². The Labute approximate surface area is 178 Å². The van der Waals surface area contributed by atoms with Gasteiger partial charge in [-0.2, -0.15) is 0 Å². The van der Waals surface area contributed by atoms with Crippen LogP contribution in [0.25, 0.3) is 21.6 Å². The quantitative estimate of drug-likeness (QED) is 0.425. The molecule has 150 valence electrons. The molecule has 1 aromatic heterocycles. The number of benzene rings is 2. The topological polar surface area (TPSA) is 64.8 Å². The molecule has 4 rings (SSSR count). The molecule has 0 saturated heterocycles. The van der Waals surface area contributed by atoms with E-state index in [1.807, 2.05) is 50.5 Å². The lowest BCUT2D eigenvalue weighted by Gasteiger charge is -2.16. The first-order chi connectivity index (χ1) is 13.9. The van der Waals surface area contributed by atoms with Crippen molar-refractivity contribution in [2.45, 2.75) is 6.42 Å². The summed E-state index contributed by atoms with van der Waals surface area (Å²) in [4.78, 5) is 15.3. The predicted molar refractivity (Wildman–Crippen MR) is 117 cm³/mol. The third-order valence-corrected chi connectivity index (χ3v) is 6.04. The van der Waals surface area contributed by atoms with Gasteiger partial charge in [-0.1, -0.05) is 29.8 Å². The van der Waals surface area contributed by atoms with Gasteiger partial charge in [0.1, 0.15) is 5.75 Å². The van der Waals surface area contributed by atoms with Crippen LogP contribution >= 0.6 is 22.9 Å². The number of nitrogens with zero attached hydrogens (tertiary/aromatic N) is 1. The molecular weight excluding hydrogens is 408 g/mol. The van der Waals surface area contributed by atoms with Gasteiger partial charge < -0.3 is 20.1 Å². The van der Waals surface area contributed by atoms with E-state index < -0.39 is 5.91 Å². The van der Waals surface area contributed by atoms with E-state index in [1.54, 1.807) is 6.07 Å². The average molecular weight is 429 g/mol. The first kappa shape index (κ1) is 19.8. The number of carbonyl (C=O) groups is 1. The molecule has 2 heterocycles. The van der Waals surface area contributed by atoms with Crippen LogP contribution in [0.15, 0.2) is 42.5 Å². The molecule has 29 heavy (non-hydrogen) atoms. The van der Waals surface area contributed by atoms with Crippen LogP contribution in [0.1, 0.15) is 16.1 Å². The maximum absolute atomic E-state index is 11.8. The fraction of sp³-hybridized carbons (Fsp3) is 0.227. The third-order valence-electron chi connectivity index (χ3n) is 4.64. The Morgan fingerprint density at radius 3 is 2.72 bits per heavy atom. The van der Waals surface area contributed by atoms with Crippen LogP contribution in [-0.2, 0) is 0 Å². The summed E-state index contributed by atoms with van der Waals surface area (Å²) in [5.41, 5.74) is 8.15. The zero-order valence-electron chi connectivity index (χ0n) is 16.2. The van der Waals surface area contributed by atoms with Gasteiger partial charge >= 0.3 is 0 Å². The monoisotopic (exact) mass is 428 g/mol. The van der Waals surface area contributed by atoms with Crippen LogP contribution in [0.2, 0.25) is 5.02 Å². The maximum atomic E-state index is 11.8. The number of nitrogens with two attached hydrogens (primary N) is 1. The molecule has 0 radical (unpaired) electrons. The van der Waals surface area contributed by atoms with Gasteiger partial charge in [0.05, 0.1) is 11.5 Å². The minimum Gasteiger partial charge on any atom is -0.490 e. The molecule has 1 aliphatic heterocycles. The molecule has 0 unspecified atom stereocenters. The zero-order valence-corrected chi connectivity index (χ0v) is 17.8. The minimum absolute atomic E-state index is 0.454. The van der Waals surface area contributed by atoms with E-state index in [1.165, 1.54) is 11.3 Å². The highest BCUT2D eigenvalue weighted by atomic mass is 35.5. The number of amides is 1. The molecule has 7 heteroatoms. The number of primary amides is 1. The van der Waals surface area contributed by atoms with E-state index in [0.29, 0.717) is 33.8 Å². The normalized spacial score (nSPS) is 11.9. The van der Waals surface area contributed by atoms with Crippen molar-refractivity contribution in [3.8, 4) is 38.8 Å². The second kappa shape index (κ2) is 8.06. The number of ether oxygens (including phenoxy) is 2. The van der Waals surface area contributed by atoms with Crippen LogP contribution in [0, 0.1) is 0 Å². The Balaban J connectivity index is 1.83. The lowest BCUT2D eigenvalue weighted by atomic mass is 10.0. The molecule has 0 saturated carbocycles. The van der Waals surface area contributed by atoms with Crippen LogP contribution in [0.5, 0.6) is 17.2 Å². The average Bonchev–Trinajstić information content (AvgIpc) is 3.07. The van der Waals surface area contributed by atoms with Crippen molar-refractivity contribution in [3.63, 3.8) is 0 Å². The third kappa shape index (κ3) is 3.96. The summed E-state index contributed by atoms with van der Waals surface area (Å²) in [6.07, 6.45) is 0.876. The summed E-state index contributed by atoms with van der Waals surface area (Å²) in [6.45, 7) is 1.46. The Hall–Kier alpha value is -2.54. The van der Waals surface area contributed by atoms with E-state index in [4.69, 9.17) is 26.8 Å². The Morgan fingerprint density at radius 1 is 1.17 bits per heavy atom.